The summed E-state index contributed by atoms with van der Waals surface area (Å²) in [6.45, 7) is 5.21. The fourth-order valence-electron chi connectivity index (χ4n) is 2.02. The highest BCUT2D eigenvalue weighted by molar-refractivity contribution is 7.92. The van der Waals surface area contributed by atoms with Crippen LogP contribution < -0.4 is 9.62 Å². The predicted octanol–water partition coefficient (Wildman–Crippen LogP) is 2.37. The average molecular weight is 352 g/mol. The second-order valence-electron chi connectivity index (χ2n) is 6.24. The van der Waals surface area contributed by atoms with Crippen LogP contribution >= 0.6 is 0 Å². The average Bonchev–Trinajstić information content (AvgIpc) is 2.43. The van der Waals surface area contributed by atoms with Gasteiger partial charge in [-0.15, -0.1) is 0 Å². The van der Waals surface area contributed by atoms with E-state index in [0.29, 0.717) is 11.0 Å². The fraction of sp³-hybridized carbons (Fsp3) is 0.400. The van der Waals surface area contributed by atoms with Crippen LogP contribution in [0.2, 0.25) is 0 Å². The third kappa shape index (κ3) is 4.10. The molecule has 0 aliphatic carbocycles. The molecule has 1 amide bonds. The molecule has 0 aliphatic heterocycles. The number of hydrogen-bond donors (Lipinski definition) is 1. The minimum atomic E-state index is -3.57. The van der Waals surface area contributed by atoms with Gasteiger partial charge in [0, 0.05) is 19.4 Å². The molecular weight excluding hydrogens is 332 g/mol. The van der Waals surface area contributed by atoms with Crippen molar-refractivity contribution in [2.24, 2.45) is 0 Å². The third-order valence-electron chi connectivity index (χ3n) is 3.06. The highest BCUT2D eigenvalue weighted by Crippen LogP contribution is 2.33. The first-order valence-corrected chi connectivity index (χ1v) is 9.01. The van der Waals surface area contributed by atoms with Gasteiger partial charge >= 0.3 is 6.09 Å². The zero-order valence-corrected chi connectivity index (χ0v) is 15.0. The quantitative estimate of drug-likeness (QED) is 0.910. The van der Waals surface area contributed by atoms with Gasteiger partial charge in [-0.25, -0.2) is 13.2 Å². The summed E-state index contributed by atoms with van der Waals surface area (Å²) in [6.07, 6.45) is 3.35. The van der Waals surface area contributed by atoms with Gasteiger partial charge in [0.25, 0.3) is 0 Å². The lowest BCUT2D eigenvalue weighted by Crippen LogP contribution is -2.29. The summed E-state index contributed by atoms with van der Waals surface area (Å²) in [5.41, 5.74) is 0.694. The van der Waals surface area contributed by atoms with E-state index in [4.69, 9.17) is 4.74 Å². The standard InChI is InChI=1S/C15H20N4O4S/c1-15(2,3)23-14(20)18-11-7-6-10-12(17-9-8-16-10)13(11)19(4)24(5,21)22/h6-9H,1-5H3,(H,18,20). The van der Waals surface area contributed by atoms with Crippen LogP contribution in [-0.2, 0) is 14.8 Å². The Kier molecular flexibility index (Phi) is 4.66. The number of anilines is 2. The van der Waals surface area contributed by atoms with E-state index in [-0.39, 0.29) is 11.4 Å². The molecule has 8 nitrogen and oxygen atoms in total. The van der Waals surface area contributed by atoms with Crippen LogP contribution in [0.4, 0.5) is 16.2 Å². The van der Waals surface area contributed by atoms with E-state index in [1.807, 2.05) is 0 Å². The van der Waals surface area contributed by atoms with Crippen molar-refractivity contribution in [1.82, 2.24) is 9.97 Å². The normalized spacial score (nSPS) is 12.0. The highest BCUT2D eigenvalue weighted by atomic mass is 32.2. The molecule has 0 unspecified atom stereocenters. The molecule has 24 heavy (non-hydrogen) atoms. The van der Waals surface area contributed by atoms with E-state index in [9.17, 15) is 13.2 Å². The lowest BCUT2D eigenvalue weighted by atomic mass is 10.2. The largest absolute Gasteiger partial charge is 0.444 e. The number of nitrogens with one attached hydrogen (secondary N) is 1. The Bertz CT molecular complexity index is 875. The monoisotopic (exact) mass is 352 g/mol. The number of carbonyl (C=O) groups is 1. The SMILES string of the molecule is CN(c1c(NC(=O)OC(C)(C)C)ccc2nccnc12)S(C)(=O)=O. The maximum atomic E-state index is 12.1. The van der Waals surface area contributed by atoms with Gasteiger partial charge in [0.15, 0.2) is 0 Å². The van der Waals surface area contributed by atoms with Gasteiger partial charge < -0.3 is 4.74 Å². The van der Waals surface area contributed by atoms with Crippen LogP contribution in [0, 0.1) is 0 Å². The first-order valence-electron chi connectivity index (χ1n) is 7.16. The maximum Gasteiger partial charge on any atom is 0.412 e. The molecule has 0 saturated carbocycles. The number of hydrogen-bond acceptors (Lipinski definition) is 6. The summed E-state index contributed by atoms with van der Waals surface area (Å²) >= 11 is 0. The molecule has 0 aliphatic rings. The number of benzene rings is 1. The van der Waals surface area contributed by atoms with Crippen LogP contribution in [0.3, 0.4) is 0 Å². The van der Waals surface area contributed by atoms with E-state index in [1.54, 1.807) is 32.9 Å². The summed E-state index contributed by atoms with van der Waals surface area (Å²) in [7, 11) is -2.18. The van der Waals surface area contributed by atoms with E-state index >= 15 is 0 Å². The molecule has 130 valence electrons. The van der Waals surface area contributed by atoms with Gasteiger partial charge in [0.1, 0.15) is 16.8 Å². The lowest BCUT2D eigenvalue weighted by molar-refractivity contribution is 0.0636. The van der Waals surface area contributed by atoms with Crippen LogP contribution in [0.15, 0.2) is 24.5 Å². The summed E-state index contributed by atoms with van der Waals surface area (Å²) in [5.74, 6) is 0. The molecule has 2 aromatic rings. The van der Waals surface area contributed by atoms with Crippen LogP contribution in [0.25, 0.3) is 11.0 Å². The Hall–Kier alpha value is -2.42. The first kappa shape index (κ1) is 17.9. The molecule has 0 fully saturated rings. The van der Waals surface area contributed by atoms with Gasteiger partial charge in [0.2, 0.25) is 10.0 Å². The molecule has 0 spiro atoms. The number of sulfonamides is 1. The van der Waals surface area contributed by atoms with Crippen molar-refractivity contribution < 1.29 is 17.9 Å². The Morgan fingerprint density at radius 1 is 1.21 bits per heavy atom. The lowest BCUT2D eigenvalue weighted by Gasteiger charge is -2.23. The van der Waals surface area contributed by atoms with Crippen LogP contribution in [0.5, 0.6) is 0 Å². The van der Waals surface area contributed by atoms with Crippen molar-refractivity contribution in [2.45, 2.75) is 26.4 Å². The summed E-state index contributed by atoms with van der Waals surface area (Å²) in [6, 6.07) is 3.21. The Labute approximate surface area is 140 Å². The molecule has 2 rings (SSSR count). The molecule has 9 heteroatoms. The molecule has 0 radical (unpaired) electrons. The minimum Gasteiger partial charge on any atom is -0.444 e. The first-order chi connectivity index (χ1) is 11.0. The molecule has 1 heterocycles. The van der Waals surface area contributed by atoms with Gasteiger partial charge in [0.05, 0.1) is 17.5 Å². The van der Waals surface area contributed by atoms with Crippen molar-refractivity contribution >= 4 is 38.5 Å². The van der Waals surface area contributed by atoms with Crippen molar-refractivity contribution in [3.8, 4) is 0 Å². The van der Waals surface area contributed by atoms with Crippen molar-refractivity contribution in [3.05, 3.63) is 24.5 Å². The number of carbonyl (C=O) groups excluding carboxylic acids is 1. The highest BCUT2D eigenvalue weighted by Gasteiger charge is 2.23. The summed E-state index contributed by atoms with van der Waals surface area (Å²) in [4.78, 5) is 20.4. The molecule has 0 atom stereocenters. The summed E-state index contributed by atoms with van der Waals surface area (Å²) in [5, 5.41) is 2.58. The van der Waals surface area contributed by atoms with Crippen LogP contribution in [-0.4, -0.2) is 43.4 Å². The second kappa shape index (κ2) is 6.23. The van der Waals surface area contributed by atoms with Gasteiger partial charge in [-0.1, -0.05) is 0 Å². The number of rotatable bonds is 3. The van der Waals surface area contributed by atoms with Gasteiger partial charge in [-0.05, 0) is 32.9 Å². The van der Waals surface area contributed by atoms with E-state index in [0.717, 1.165) is 10.6 Å². The number of amides is 1. The van der Waals surface area contributed by atoms with Crippen molar-refractivity contribution in [1.29, 1.82) is 0 Å². The Morgan fingerprint density at radius 2 is 1.83 bits per heavy atom. The second-order valence-corrected chi connectivity index (χ2v) is 8.26. The minimum absolute atomic E-state index is 0.231. The van der Waals surface area contributed by atoms with E-state index in [2.05, 4.69) is 15.3 Å². The Balaban J connectivity index is 2.55. The smallest absolute Gasteiger partial charge is 0.412 e. The van der Waals surface area contributed by atoms with Crippen molar-refractivity contribution in [2.75, 3.05) is 22.9 Å². The zero-order chi connectivity index (χ0) is 18.1. The number of fused-ring (bicyclic) bond motifs is 1. The topological polar surface area (TPSA) is 101 Å². The predicted molar refractivity (Wildman–Crippen MR) is 92.6 cm³/mol. The number of nitrogens with zero attached hydrogens (tertiary/aromatic N) is 3. The molecule has 1 aromatic heterocycles. The molecule has 0 saturated heterocycles. The molecular formula is C15H20N4O4S. The number of ether oxygens (including phenoxy) is 1. The van der Waals surface area contributed by atoms with Crippen LogP contribution in [0.1, 0.15) is 20.8 Å². The van der Waals surface area contributed by atoms with Crippen molar-refractivity contribution in [3.63, 3.8) is 0 Å². The third-order valence-corrected chi connectivity index (χ3v) is 4.24. The number of aromatic nitrogens is 2. The molecule has 1 N–H and O–H groups in total. The fourth-order valence-corrected chi connectivity index (χ4v) is 2.54. The van der Waals surface area contributed by atoms with E-state index in [1.165, 1.54) is 19.4 Å². The Morgan fingerprint density at radius 3 is 2.42 bits per heavy atom. The molecule has 0 bridgehead atoms. The zero-order valence-electron chi connectivity index (χ0n) is 14.2. The molecule has 1 aromatic carbocycles. The van der Waals surface area contributed by atoms with E-state index < -0.39 is 21.7 Å². The van der Waals surface area contributed by atoms with Gasteiger partial charge in [-0.2, -0.15) is 0 Å². The summed E-state index contributed by atoms with van der Waals surface area (Å²) < 4.78 is 30.2. The maximum absolute atomic E-state index is 12.1. The van der Waals surface area contributed by atoms with Gasteiger partial charge in [-0.3, -0.25) is 19.6 Å².